The molecule has 1 aromatic heterocycles. The average molecular weight is 266 g/mol. The van der Waals surface area contributed by atoms with E-state index in [0.29, 0.717) is 12.5 Å². The molecule has 18 heavy (non-hydrogen) atoms. The third-order valence-corrected chi connectivity index (χ3v) is 5.14. The van der Waals surface area contributed by atoms with Crippen LogP contribution in [-0.2, 0) is 0 Å². The highest BCUT2D eigenvalue weighted by atomic mass is 32.1. The van der Waals surface area contributed by atoms with Crippen LogP contribution in [0.4, 0.5) is 0 Å². The van der Waals surface area contributed by atoms with E-state index in [1.54, 1.807) is 11.3 Å². The van der Waals surface area contributed by atoms with Crippen molar-refractivity contribution in [1.82, 2.24) is 5.32 Å². The summed E-state index contributed by atoms with van der Waals surface area (Å²) in [5, 5.41) is 3.21. The maximum atomic E-state index is 12.3. The van der Waals surface area contributed by atoms with Gasteiger partial charge in [0.25, 0.3) is 5.91 Å². The van der Waals surface area contributed by atoms with E-state index in [1.165, 1.54) is 11.3 Å². The fourth-order valence-corrected chi connectivity index (χ4v) is 3.56. The van der Waals surface area contributed by atoms with E-state index in [1.807, 2.05) is 19.1 Å². The van der Waals surface area contributed by atoms with Crippen molar-refractivity contribution < 1.29 is 4.79 Å². The first-order valence-corrected chi connectivity index (χ1v) is 7.48. The maximum absolute atomic E-state index is 12.3. The Labute approximate surface area is 113 Å². The Morgan fingerprint density at radius 3 is 2.89 bits per heavy atom. The van der Waals surface area contributed by atoms with Crippen molar-refractivity contribution >= 4 is 17.2 Å². The zero-order chi connectivity index (χ0) is 13.2. The van der Waals surface area contributed by atoms with Gasteiger partial charge in [-0.1, -0.05) is 19.8 Å². The quantitative estimate of drug-likeness (QED) is 0.883. The number of thiophene rings is 1. The molecule has 0 spiro atoms. The first-order valence-electron chi connectivity index (χ1n) is 6.66. The molecule has 3 nitrogen and oxygen atoms in total. The SMILES string of the molecule is Cc1ccc(C(=O)NC2(CN)CCCCC2C)s1. The Hall–Kier alpha value is -0.870. The number of aryl methyl sites for hydroxylation is 1. The van der Waals surface area contributed by atoms with E-state index in [2.05, 4.69) is 12.2 Å². The minimum Gasteiger partial charge on any atom is -0.344 e. The molecule has 1 heterocycles. The van der Waals surface area contributed by atoms with Gasteiger partial charge in [0, 0.05) is 11.4 Å². The van der Waals surface area contributed by atoms with Crippen LogP contribution in [0.1, 0.15) is 47.2 Å². The predicted octanol–water partition coefficient (Wildman–Crippen LogP) is 2.69. The number of hydrogen-bond donors (Lipinski definition) is 2. The number of carbonyl (C=O) groups is 1. The van der Waals surface area contributed by atoms with Crippen LogP contribution in [0.3, 0.4) is 0 Å². The molecule has 2 unspecified atom stereocenters. The first-order chi connectivity index (χ1) is 8.57. The summed E-state index contributed by atoms with van der Waals surface area (Å²) in [5.74, 6) is 0.494. The highest BCUT2D eigenvalue weighted by molar-refractivity contribution is 7.13. The minimum atomic E-state index is -0.201. The standard InChI is InChI=1S/C14H22N2OS/c1-10-5-3-4-8-14(10,9-15)16-13(17)12-7-6-11(2)18-12/h6-7,10H,3-5,8-9,15H2,1-2H3,(H,16,17). The summed E-state index contributed by atoms with van der Waals surface area (Å²) in [7, 11) is 0. The zero-order valence-electron chi connectivity index (χ0n) is 11.2. The number of rotatable bonds is 3. The lowest BCUT2D eigenvalue weighted by molar-refractivity contribution is 0.0817. The number of nitrogens with one attached hydrogen (secondary N) is 1. The van der Waals surface area contributed by atoms with Gasteiger partial charge in [0.05, 0.1) is 10.4 Å². The molecule has 2 atom stereocenters. The largest absolute Gasteiger partial charge is 0.344 e. The number of hydrogen-bond acceptors (Lipinski definition) is 3. The van der Waals surface area contributed by atoms with E-state index in [0.717, 1.165) is 24.1 Å². The van der Waals surface area contributed by atoms with E-state index in [-0.39, 0.29) is 11.4 Å². The van der Waals surface area contributed by atoms with Crippen molar-refractivity contribution in [2.75, 3.05) is 6.54 Å². The molecule has 1 amide bonds. The monoisotopic (exact) mass is 266 g/mol. The van der Waals surface area contributed by atoms with Gasteiger partial charge in [-0.25, -0.2) is 0 Å². The van der Waals surface area contributed by atoms with Crippen molar-refractivity contribution in [1.29, 1.82) is 0 Å². The second-order valence-corrected chi connectivity index (χ2v) is 6.66. The molecule has 0 saturated heterocycles. The first kappa shape index (κ1) is 13.6. The van der Waals surface area contributed by atoms with Gasteiger partial charge in [-0.2, -0.15) is 0 Å². The van der Waals surface area contributed by atoms with Crippen LogP contribution in [0.15, 0.2) is 12.1 Å². The normalized spacial score (nSPS) is 28.1. The number of carbonyl (C=O) groups excluding carboxylic acids is 1. The van der Waals surface area contributed by atoms with Gasteiger partial charge in [-0.3, -0.25) is 4.79 Å². The highest BCUT2D eigenvalue weighted by Crippen LogP contribution is 2.33. The van der Waals surface area contributed by atoms with E-state index >= 15 is 0 Å². The third kappa shape index (κ3) is 2.59. The van der Waals surface area contributed by atoms with Crippen molar-refractivity contribution in [2.45, 2.75) is 45.1 Å². The number of amides is 1. The topological polar surface area (TPSA) is 55.1 Å². The second kappa shape index (κ2) is 5.41. The van der Waals surface area contributed by atoms with Gasteiger partial charge in [-0.05, 0) is 37.8 Å². The van der Waals surface area contributed by atoms with Crippen molar-refractivity contribution in [2.24, 2.45) is 11.7 Å². The molecule has 1 fully saturated rings. The van der Waals surface area contributed by atoms with E-state index in [4.69, 9.17) is 5.73 Å². The van der Waals surface area contributed by atoms with Crippen molar-refractivity contribution in [3.8, 4) is 0 Å². The lowest BCUT2D eigenvalue weighted by Gasteiger charge is -2.42. The van der Waals surface area contributed by atoms with Crippen LogP contribution < -0.4 is 11.1 Å². The summed E-state index contributed by atoms with van der Waals surface area (Å²) < 4.78 is 0. The summed E-state index contributed by atoms with van der Waals surface area (Å²) in [6, 6.07) is 3.88. The molecule has 1 aromatic rings. The van der Waals surface area contributed by atoms with Crippen molar-refractivity contribution in [3.05, 3.63) is 21.9 Å². The highest BCUT2D eigenvalue weighted by Gasteiger charge is 2.38. The minimum absolute atomic E-state index is 0.0345. The predicted molar refractivity (Wildman–Crippen MR) is 75.9 cm³/mol. The van der Waals surface area contributed by atoms with Gasteiger partial charge >= 0.3 is 0 Å². The second-order valence-electron chi connectivity index (χ2n) is 5.37. The molecule has 0 aromatic carbocycles. The zero-order valence-corrected chi connectivity index (χ0v) is 12.0. The molecular formula is C14H22N2OS. The van der Waals surface area contributed by atoms with Gasteiger partial charge in [0.1, 0.15) is 0 Å². The lowest BCUT2D eigenvalue weighted by atomic mass is 9.73. The Balaban J connectivity index is 2.12. The lowest BCUT2D eigenvalue weighted by Crippen LogP contribution is -2.59. The van der Waals surface area contributed by atoms with Crippen LogP contribution in [0, 0.1) is 12.8 Å². The fourth-order valence-electron chi connectivity index (χ4n) is 2.80. The summed E-state index contributed by atoms with van der Waals surface area (Å²) in [6.45, 7) is 4.75. The van der Waals surface area contributed by atoms with Crippen LogP contribution in [0.2, 0.25) is 0 Å². The Morgan fingerprint density at radius 2 is 2.33 bits per heavy atom. The summed E-state index contributed by atoms with van der Waals surface area (Å²) in [5.41, 5.74) is 5.75. The van der Waals surface area contributed by atoms with E-state index in [9.17, 15) is 4.79 Å². The molecule has 4 heteroatoms. The van der Waals surface area contributed by atoms with Crippen LogP contribution >= 0.6 is 11.3 Å². The fraction of sp³-hybridized carbons (Fsp3) is 0.643. The molecule has 0 bridgehead atoms. The number of nitrogens with two attached hydrogens (primary N) is 1. The van der Waals surface area contributed by atoms with Gasteiger partial charge < -0.3 is 11.1 Å². The van der Waals surface area contributed by atoms with Crippen LogP contribution in [0.25, 0.3) is 0 Å². The molecule has 2 rings (SSSR count). The van der Waals surface area contributed by atoms with Crippen LogP contribution in [-0.4, -0.2) is 18.0 Å². The molecule has 1 saturated carbocycles. The molecule has 3 N–H and O–H groups in total. The molecule has 100 valence electrons. The smallest absolute Gasteiger partial charge is 0.261 e. The van der Waals surface area contributed by atoms with E-state index < -0.39 is 0 Å². The Kier molecular flexibility index (Phi) is 4.07. The molecular weight excluding hydrogens is 244 g/mol. The molecule has 0 radical (unpaired) electrons. The summed E-state index contributed by atoms with van der Waals surface area (Å²) in [4.78, 5) is 14.2. The third-order valence-electron chi connectivity index (χ3n) is 4.14. The van der Waals surface area contributed by atoms with Gasteiger partial charge in [-0.15, -0.1) is 11.3 Å². The van der Waals surface area contributed by atoms with Gasteiger partial charge in [0.2, 0.25) is 0 Å². The van der Waals surface area contributed by atoms with Gasteiger partial charge in [0.15, 0.2) is 0 Å². The molecule has 1 aliphatic carbocycles. The molecule has 0 aliphatic heterocycles. The Morgan fingerprint density at radius 1 is 1.56 bits per heavy atom. The summed E-state index contributed by atoms with van der Waals surface area (Å²) in [6.07, 6.45) is 4.56. The Bertz CT molecular complexity index is 429. The maximum Gasteiger partial charge on any atom is 0.261 e. The molecule has 1 aliphatic rings. The van der Waals surface area contributed by atoms with Crippen LogP contribution in [0.5, 0.6) is 0 Å². The average Bonchev–Trinajstić information content (AvgIpc) is 2.79. The van der Waals surface area contributed by atoms with Crippen molar-refractivity contribution in [3.63, 3.8) is 0 Å². The summed E-state index contributed by atoms with van der Waals surface area (Å²) >= 11 is 1.54.